The molecule has 0 amide bonds. The fraction of sp³-hybridized carbons (Fsp3) is 0.429. The molecule has 0 aliphatic carbocycles. The van der Waals surface area contributed by atoms with Crippen molar-refractivity contribution in [2.75, 3.05) is 5.73 Å². The maximum atomic E-state index is 5.98. The average Bonchev–Trinajstić information content (AvgIpc) is 2.77. The molecule has 0 saturated heterocycles. The van der Waals surface area contributed by atoms with E-state index in [0.717, 1.165) is 35.8 Å². The van der Waals surface area contributed by atoms with Crippen LogP contribution in [0.1, 0.15) is 26.7 Å². The lowest BCUT2D eigenvalue weighted by molar-refractivity contribution is 0.513. The number of anilines is 1. The standard InChI is InChI=1S/C14H20N4/c1-11(2)4-3-7-18-10-17-9-14(18)12-8-16-6-5-13(12)15/h5-6,8-11H,3-4,7H2,1-2H3,(H2,15,16). The third kappa shape index (κ3) is 2.88. The summed E-state index contributed by atoms with van der Waals surface area (Å²) in [5, 5.41) is 0. The molecule has 2 aromatic rings. The molecule has 2 rings (SSSR count). The van der Waals surface area contributed by atoms with Crippen LogP contribution in [0.4, 0.5) is 5.69 Å². The van der Waals surface area contributed by atoms with Gasteiger partial charge in [-0.05, 0) is 24.8 Å². The molecular formula is C14H20N4. The summed E-state index contributed by atoms with van der Waals surface area (Å²) in [5.41, 5.74) is 8.73. The lowest BCUT2D eigenvalue weighted by Crippen LogP contribution is -2.02. The average molecular weight is 244 g/mol. The molecule has 0 fully saturated rings. The van der Waals surface area contributed by atoms with Crippen LogP contribution >= 0.6 is 0 Å². The lowest BCUT2D eigenvalue weighted by Gasteiger charge is -2.10. The normalized spacial score (nSPS) is 11.1. The summed E-state index contributed by atoms with van der Waals surface area (Å²) in [6.45, 7) is 5.46. The van der Waals surface area contributed by atoms with Gasteiger partial charge in [-0.25, -0.2) is 4.98 Å². The number of nitrogens with two attached hydrogens (primary N) is 1. The molecule has 96 valence electrons. The van der Waals surface area contributed by atoms with Gasteiger partial charge in [0.15, 0.2) is 0 Å². The topological polar surface area (TPSA) is 56.7 Å². The second-order valence-corrected chi connectivity index (χ2v) is 4.97. The first-order chi connectivity index (χ1) is 8.68. The van der Waals surface area contributed by atoms with E-state index in [0.29, 0.717) is 0 Å². The van der Waals surface area contributed by atoms with Crippen LogP contribution in [0.5, 0.6) is 0 Å². The summed E-state index contributed by atoms with van der Waals surface area (Å²) in [6, 6.07) is 1.82. The number of hydrogen-bond donors (Lipinski definition) is 1. The number of hydrogen-bond acceptors (Lipinski definition) is 3. The first-order valence-corrected chi connectivity index (χ1v) is 6.38. The van der Waals surface area contributed by atoms with Crippen molar-refractivity contribution in [1.29, 1.82) is 0 Å². The number of nitrogens with zero attached hydrogens (tertiary/aromatic N) is 3. The Morgan fingerprint density at radius 3 is 2.83 bits per heavy atom. The second kappa shape index (κ2) is 5.67. The van der Waals surface area contributed by atoms with Gasteiger partial charge in [0.25, 0.3) is 0 Å². The largest absolute Gasteiger partial charge is 0.398 e. The number of pyridine rings is 1. The zero-order valence-corrected chi connectivity index (χ0v) is 11.0. The monoisotopic (exact) mass is 244 g/mol. The quantitative estimate of drug-likeness (QED) is 0.879. The fourth-order valence-electron chi connectivity index (χ4n) is 2.01. The molecule has 0 saturated carbocycles. The predicted molar refractivity (Wildman–Crippen MR) is 73.9 cm³/mol. The van der Waals surface area contributed by atoms with Gasteiger partial charge < -0.3 is 10.3 Å². The van der Waals surface area contributed by atoms with Crippen molar-refractivity contribution in [2.24, 2.45) is 5.92 Å². The van der Waals surface area contributed by atoms with Gasteiger partial charge in [-0.15, -0.1) is 0 Å². The van der Waals surface area contributed by atoms with Crippen molar-refractivity contribution >= 4 is 5.69 Å². The molecule has 0 radical (unpaired) electrons. The van der Waals surface area contributed by atoms with Crippen molar-refractivity contribution in [2.45, 2.75) is 33.2 Å². The zero-order valence-electron chi connectivity index (χ0n) is 11.0. The number of imidazole rings is 1. The van der Waals surface area contributed by atoms with Crippen LogP contribution in [0, 0.1) is 5.92 Å². The van der Waals surface area contributed by atoms with E-state index < -0.39 is 0 Å². The van der Waals surface area contributed by atoms with Crippen LogP contribution in [0.2, 0.25) is 0 Å². The SMILES string of the molecule is CC(C)CCCn1cncc1-c1cnccc1N. The molecule has 2 N–H and O–H groups in total. The summed E-state index contributed by atoms with van der Waals surface area (Å²) in [7, 11) is 0. The van der Waals surface area contributed by atoms with Gasteiger partial charge in [0, 0.05) is 30.2 Å². The molecule has 0 unspecified atom stereocenters. The van der Waals surface area contributed by atoms with E-state index in [2.05, 4.69) is 28.4 Å². The molecular weight excluding hydrogens is 224 g/mol. The summed E-state index contributed by atoms with van der Waals surface area (Å²) in [6.07, 6.45) is 9.59. The van der Waals surface area contributed by atoms with Gasteiger partial charge in [-0.3, -0.25) is 4.98 Å². The number of aromatic nitrogens is 3. The Bertz CT molecular complexity index is 502. The third-order valence-electron chi connectivity index (χ3n) is 3.02. The van der Waals surface area contributed by atoms with Crippen molar-refractivity contribution in [3.8, 4) is 11.3 Å². The Morgan fingerprint density at radius 1 is 1.28 bits per heavy atom. The van der Waals surface area contributed by atoms with Crippen molar-refractivity contribution in [3.05, 3.63) is 31.0 Å². The summed E-state index contributed by atoms with van der Waals surface area (Å²) in [4.78, 5) is 8.35. The van der Waals surface area contributed by atoms with Gasteiger partial charge in [0.1, 0.15) is 0 Å². The molecule has 0 aliphatic rings. The Morgan fingerprint density at radius 2 is 2.11 bits per heavy atom. The smallest absolute Gasteiger partial charge is 0.0950 e. The summed E-state index contributed by atoms with van der Waals surface area (Å²) >= 11 is 0. The van der Waals surface area contributed by atoms with Gasteiger partial charge in [0.2, 0.25) is 0 Å². The van der Waals surface area contributed by atoms with Crippen LogP contribution in [-0.4, -0.2) is 14.5 Å². The summed E-state index contributed by atoms with van der Waals surface area (Å²) < 4.78 is 2.15. The Labute approximate surface area is 108 Å². The first kappa shape index (κ1) is 12.6. The van der Waals surface area contributed by atoms with E-state index >= 15 is 0 Å². The maximum Gasteiger partial charge on any atom is 0.0950 e. The van der Waals surface area contributed by atoms with Crippen LogP contribution in [0.25, 0.3) is 11.3 Å². The number of nitrogen functional groups attached to an aromatic ring is 1. The molecule has 0 bridgehead atoms. The molecule has 0 spiro atoms. The third-order valence-corrected chi connectivity index (χ3v) is 3.02. The van der Waals surface area contributed by atoms with Crippen molar-refractivity contribution in [1.82, 2.24) is 14.5 Å². The fourth-order valence-corrected chi connectivity index (χ4v) is 2.01. The van der Waals surface area contributed by atoms with Gasteiger partial charge >= 0.3 is 0 Å². The molecule has 4 nitrogen and oxygen atoms in total. The van der Waals surface area contributed by atoms with Gasteiger partial charge in [0.05, 0.1) is 18.2 Å². The Hall–Kier alpha value is -1.84. The highest BCUT2D eigenvalue weighted by Gasteiger charge is 2.08. The maximum absolute atomic E-state index is 5.98. The highest BCUT2D eigenvalue weighted by molar-refractivity contribution is 5.72. The van der Waals surface area contributed by atoms with E-state index in [9.17, 15) is 0 Å². The predicted octanol–water partition coefficient (Wildman–Crippen LogP) is 2.96. The van der Waals surface area contributed by atoms with Crippen LogP contribution in [0.3, 0.4) is 0 Å². The molecule has 2 heterocycles. The minimum Gasteiger partial charge on any atom is -0.398 e. The number of aryl methyl sites for hydroxylation is 1. The first-order valence-electron chi connectivity index (χ1n) is 6.38. The van der Waals surface area contributed by atoms with E-state index in [4.69, 9.17) is 5.73 Å². The number of rotatable bonds is 5. The van der Waals surface area contributed by atoms with Gasteiger partial charge in [-0.1, -0.05) is 13.8 Å². The van der Waals surface area contributed by atoms with E-state index in [1.165, 1.54) is 6.42 Å². The van der Waals surface area contributed by atoms with Crippen LogP contribution < -0.4 is 5.73 Å². The second-order valence-electron chi connectivity index (χ2n) is 4.97. The zero-order chi connectivity index (χ0) is 13.0. The lowest BCUT2D eigenvalue weighted by atomic mass is 10.1. The van der Waals surface area contributed by atoms with Crippen LogP contribution in [0.15, 0.2) is 31.0 Å². The minimum absolute atomic E-state index is 0.737. The van der Waals surface area contributed by atoms with Crippen molar-refractivity contribution < 1.29 is 0 Å². The van der Waals surface area contributed by atoms with Crippen molar-refractivity contribution in [3.63, 3.8) is 0 Å². The Kier molecular flexibility index (Phi) is 3.97. The van der Waals surface area contributed by atoms with E-state index in [1.54, 1.807) is 12.4 Å². The molecule has 18 heavy (non-hydrogen) atoms. The molecule has 0 aromatic carbocycles. The molecule has 0 aliphatic heterocycles. The van der Waals surface area contributed by atoms with E-state index in [1.807, 2.05) is 18.6 Å². The molecule has 0 atom stereocenters. The summed E-state index contributed by atoms with van der Waals surface area (Å²) in [5.74, 6) is 0.737. The van der Waals surface area contributed by atoms with E-state index in [-0.39, 0.29) is 0 Å². The minimum atomic E-state index is 0.737. The van der Waals surface area contributed by atoms with Crippen LogP contribution in [-0.2, 0) is 6.54 Å². The Balaban J connectivity index is 2.15. The highest BCUT2D eigenvalue weighted by Crippen LogP contribution is 2.24. The molecule has 4 heteroatoms. The van der Waals surface area contributed by atoms with Gasteiger partial charge in [-0.2, -0.15) is 0 Å². The highest BCUT2D eigenvalue weighted by atomic mass is 15.0. The molecule has 2 aromatic heterocycles.